The highest BCUT2D eigenvalue weighted by Crippen LogP contribution is 2.42. The molecular weight excluding hydrogens is 339 g/mol. The van der Waals surface area contributed by atoms with Crippen LogP contribution < -0.4 is 11.1 Å². The number of anilines is 2. The monoisotopic (exact) mass is 363 g/mol. The summed E-state index contributed by atoms with van der Waals surface area (Å²) in [4.78, 5) is 4.65. The van der Waals surface area contributed by atoms with Crippen molar-refractivity contribution in [2.24, 2.45) is 11.7 Å². The molecule has 0 saturated heterocycles. The Morgan fingerprint density at radius 1 is 1.04 bits per heavy atom. The molecule has 3 rings (SSSR count). The molecule has 0 radical (unpaired) electrons. The maximum Gasteiger partial charge on any atom is 0.391 e. The van der Waals surface area contributed by atoms with Gasteiger partial charge in [-0.1, -0.05) is 12.1 Å². The number of halogens is 3. The predicted octanol–water partition coefficient (Wildman–Crippen LogP) is 5.43. The van der Waals surface area contributed by atoms with Gasteiger partial charge < -0.3 is 11.1 Å². The number of rotatable bonds is 4. The topological polar surface area (TPSA) is 50.9 Å². The number of aryl methyl sites for hydroxylation is 1. The van der Waals surface area contributed by atoms with Gasteiger partial charge in [0.15, 0.2) is 0 Å². The molecule has 0 bridgehead atoms. The number of hydrogen-bond donors (Lipinski definition) is 2. The number of nitrogens with two attached hydrogens (primary N) is 1. The lowest BCUT2D eigenvalue weighted by atomic mass is 9.80. The summed E-state index contributed by atoms with van der Waals surface area (Å²) in [6.07, 6.45) is -2.58. The molecule has 0 unspecified atom stereocenters. The van der Waals surface area contributed by atoms with Crippen LogP contribution in [0, 0.1) is 12.8 Å². The Morgan fingerprint density at radius 2 is 1.69 bits per heavy atom. The summed E-state index contributed by atoms with van der Waals surface area (Å²) in [5.41, 5.74) is 10.3. The van der Waals surface area contributed by atoms with Crippen molar-refractivity contribution in [1.29, 1.82) is 0 Å². The molecule has 1 aliphatic carbocycles. The highest BCUT2D eigenvalue weighted by molar-refractivity contribution is 5.62. The van der Waals surface area contributed by atoms with E-state index in [1.165, 1.54) is 0 Å². The number of aromatic nitrogens is 1. The van der Waals surface area contributed by atoms with Crippen LogP contribution in [0.15, 0.2) is 36.4 Å². The molecule has 0 aliphatic heterocycles. The molecular formula is C20H24F3N3. The molecule has 0 amide bonds. The van der Waals surface area contributed by atoms with E-state index in [1.807, 2.05) is 43.3 Å². The van der Waals surface area contributed by atoms with Gasteiger partial charge in [0.1, 0.15) is 0 Å². The normalized spacial score (nSPS) is 20.8. The lowest BCUT2D eigenvalue weighted by molar-refractivity contribution is -0.182. The van der Waals surface area contributed by atoms with Crippen molar-refractivity contribution >= 4 is 11.4 Å². The van der Waals surface area contributed by atoms with Crippen LogP contribution in [0.3, 0.4) is 0 Å². The summed E-state index contributed by atoms with van der Waals surface area (Å²) in [5.74, 6) is -1.04. The van der Waals surface area contributed by atoms with Gasteiger partial charge >= 0.3 is 6.18 Å². The van der Waals surface area contributed by atoms with E-state index in [2.05, 4.69) is 10.3 Å². The molecule has 3 nitrogen and oxygen atoms in total. The number of alkyl halides is 3. The smallest absolute Gasteiger partial charge is 0.354 e. The van der Waals surface area contributed by atoms with Gasteiger partial charge in [-0.2, -0.15) is 13.2 Å². The second kappa shape index (κ2) is 7.66. The Bertz CT molecular complexity index is 733. The number of benzene rings is 1. The lowest BCUT2D eigenvalue weighted by Gasteiger charge is -2.29. The van der Waals surface area contributed by atoms with Crippen molar-refractivity contribution in [2.45, 2.75) is 51.2 Å². The largest absolute Gasteiger partial charge is 0.391 e. The third kappa shape index (κ3) is 4.36. The van der Waals surface area contributed by atoms with Crippen LogP contribution in [0.1, 0.15) is 48.6 Å². The van der Waals surface area contributed by atoms with Crippen LogP contribution in [0.2, 0.25) is 0 Å². The number of hydrogen-bond acceptors (Lipinski definition) is 3. The van der Waals surface area contributed by atoms with Crippen molar-refractivity contribution in [3.63, 3.8) is 0 Å². The fraction of sp³-hybridized carbons (Fsp3) is 0.450. The first kappa shape index (κ1) is 18.7. The highest BCUT2D eigenvalue weighted by atomic mass is 19.4. The van der Waals surface area contributed by atoms with E-state index in [-0.39, 0.29) is 18.8 Å². The highest BCUT2D eigenvalue weighted by Gasteiger charge is 2.41. The quantitative estimate of drug-likeness (QED) is 0.762. The fourth-order valence-electron chi connectivity index (χ4n) is 3.54. The second-order valence-corrected chi connectivity index (χ2v) is 6.99. The van der Waals surface area contributed by atoms with Gasteiger partial charge in [-0.3, -0.25) is 4.98 Å². The zero-order valence-corrected chi connectivity index (χ0v) is 14.8. The summed E-state index contributed by atoms with van der Waals surface area (Å²) in [6, 6.07) is 11.8. The van der Waals surface area contributed by atoms with Crippen molar-refractivity contribution in [3.8, 4) is 0 Å². The third-order valence-electron chi connectivity index (χ3n) is 5.18. The standard InChI is InChI=1S/C20H24F3N3/c1-13-18(26-17-8-2-14(12-24)3-9-17)10-11-19(25-13)15-4-6-16(7-5-15)20(21,22)23/h2-3,8-11,15-16,26H,4-7,12,24H2,1H3. The fourth-order valence-corrected chi connectivity index (χ4v) is 3.54. The first-order chi connectivity index (χ1) is 12.4. The Hall–Kier alpha value is -2.08. The molecule has 1 aliphatic rings. The van der Waals surface area contributed by atoms with Gasteiger partial charge in [0.25, 0.3) is 0 Å². The lowest BCUT2D eigenvalue weighted by Crippen LogP contribution is -2.27. The first-order valence-electron chi connectivity index (χ1n) is 8.97. The molecule has 140 valence electrons. The predicted molar refractivity (Wildman–Crippen MR) is 97.3 cm³/mol. The van der Waals surface area contributed by atoms with Crippen LogP contribution in [0.4, 0.5) is 24.5 Å². The summed E-state index contributed by atoms with van der Waals surface area (Å²) >= 11 is 0. The van der Waals surface area contributed by atoms with Crippen molar-refractivity contribution in [2.75, 3.05) is 5.32 Å². The number of pyridine rings is 1. The minimum Gasteiger partial charge on any atom is -0.354 e. The molecule has 0 spiro atoms. The average Bonchev–Trinajstić information content (AvgIpc) is 2.63. The van der Waals surface area contributed by atoms with Crippen molar-refractivity contribution in [3.05, 3.63) is 53.3 Å². The summed E-state index contributed by atoms with van der Waals surface area (Å²) < 4.78 is 38.4. The van der Waals surface area contributed by atoms with E-state index in [0.717, 1.165) is 28.3 Å². The molecule has 6 heteroatoms. The molecule has 1 fully saturated rings. The average molecular weight is 363 g/mol. The van der Waals surface area contributed by atoms with Crippen LogP contribution in [-0.4, -0.2) is 11.2 Å². The molecule has 3 N–H and O–H groups in total. The second-order valence-electron chi connectivity index (χ2n) is 6.99. The Morgan fingerprint density at radius 3 is 2.23 bits per heavy atom. The van der Waals surface area contributed by atoms with E-state index < -0.39 is 12.1 Å². The van der Waals surface area contributed by atoms with Gasteiger partial charge in [0.2, 0.25) is 0 Å². The Kier molecular flexibility index (Phi) is 5.51. The summed E-state index contributed by atoms with van der Waals surface area (Å²) in [7, 11) is 0. The maximum absolute atomic E-state index is 12.8. The van der Waals surface area contributed by atoms with Crippen LogP contribution in [0.5, 0.6) is 0 Å². The zero-order valence-electron chi connectivity index (χ0n) is 14.8. The molecule has 2 aromatic rings. The van der Waals surface area contributed by atoms with Gasteiger partial charge in [-0.15, -0.1) is 0 Å². The van der Waals surface area contributed by atoms with Gasteiger partial charge in [0, 0.05) is 23.8 Å². The maximum atomic E-state index is 12.8. The van der Waals surface area contributed by atoms with Gasteiger partial charge in [-0.05, 0) is 62.4 Å². The molecule has 26 heavy (non-hydrogen) atoms. The molecule has 0 atom stereocenters. The van der Waals surface area contributed by atoms with Crippen molar-refractivity contribution in [1.82, 2.24) is 4.98 Å². The molecule has 1 heterocycles. The molecule has 1 saturated carbocycles. The minimum atomic E-state index is -4.07. The molecule has 1 aromatic carbocycles. The van der Waals surface area contributed by atoms with Crippen LogP contribution in [-0.2, 0) is 6.54 Å². The van der Waals surface area contributed by atoms with E-state index >= 15 is 0 Å². The van der Waals surface area contributed by atoms with Gasteiger partial charge in [-0.25, -0.2) is 0 Å². The minimum absolute atomic E-state index is 0.116. The van der Waals surface area contributed by atoms with Gasteiger partial charge in [0.05, 0.1) is 17.3 Å². The molecule has 1 aromatic heterocycles. The number of nitrogens with one attached hydrogen (secondary N) is 1. The summed E-state index contributed by atoms with van der Waals surface area (Å²) in [6.45, 7) is 2.42. The van der Waals surface area contributed by atoms with Crippen molar-refractivity contribution < 1.29 is 13.2 Å². The SMILES string of the molecule is Cc1nc(C2CCC(C(F)(F)F)CC2)ccc1Nc1ccc(CN)cc1. The zero-order chi connectivity index (χ0) is 18.7. The third-order valence-corrected chi connectivity index (χ3v) is 5.18. The number of nitrogens with zero attached hydrogens (tertiary/aromatic N) is 1. The van der Waals surface area contributed by atoms with E-state index in [1.54, 1.807) is 0 Å². The van der Waals surface area contributed by atoms with Crippen LogP contribution >= 0.6 is 0 Å². The van der Waals surface area contributed by atoms with Crippen LogP contribution in [0.25, 0.3) is 0 Å². The Labute approximate surface area is 151 Å². The van der Waals surface area contributed by atoms with E-state index in [4.69, 9.17) is 5.73 Å². The van der Waals surface area contributed by atoms with E-state index in [0.29, 0.717) is 19.4 Å². The first-order valence-corrected chi connectivity index (χ1v) is 8.97. The van der Waals surface area contributed by atoms with E-state index in [9.17, 15) is 13.2 Å². The summed E-state index contributed by atoms with van der Waals surface area (Å²) in [5, 5.41) is 3.33. The Balaban J connectivity index is 1.66.